The summed E-state index contributed by atoms with van der Waals surface area (Å²) in [6.07, 6.45) is 3.60. The van der Waals surface area contributed by atoms with Gasteiger partial charge < -0.3 is 15.2 Å². The third-order valence-corrected chi connectivity index (χ3v) is 6.78. The molecular weight excluding hydrogens is 470 g/mol. The number of thioether (sulfide) groups is 1. The van der Waals surface area contributed by atoms with Crippen molar-refractivity contribution >= 4 is 57.2 Å². The summed E-state index contributed by atoms with van der Waals surface area (Å²) in [4.78, 5) is 33.9. The number of carboxylic acids is 1. The Morgan fingerprint density at radius 1 is 1.15 bits per heavy atom. The van der Waals surface area contributed by atoms with E-state index in [1.54, 1.807) is 12.1 Å². The molecule has 0 radical (unpaired) electrons. The number of thiocarbonyl (C=S) groups is 1. The first-order valence-electron chi connectivity index (χ1n) is 10.2. The molecule has 0 atom stereocenters. The van der Waals surface area contributed by atoms with Crippen molar-refractivity contribution < 1.29 is 19.8 Å². The Hall–Kier alpha value is -3.95. The van der Waals surface area contributed by atoms with Gasteiger partial charge in [0.2, 0.25) is 0 Å². The van der Waals surface area contributed by atoms with Crippen molar-refractivity contribution in [3.8, 4) is 17.0 Å². The number of phenols is 1. The van der Waals surface area contributed by atoms with Crippen molar-refractivity contribution in [2.75, 3.05) is 0 Å². The van der Waals surface area contributed by atoms with Gasteiger partial charge in [-0.3, -0.25) is 9.69 Å². The molecule has 1 fully saturated rings. The van der Waals surface area contributed by atoms with Crippen molar-refractivity contribution in [2.45, 2.75) is 6.54 Å². The maximum Gasteiger partial charge on any atom is 0.339 e. The predicted molar refractivity (Wildman–Crippen MR) is 135 cm³/mol. The van der Waals surface area contributed by atoms with E-state index in [9.17, 15) is 14.7 Å². The van der Waals surface area contributed by atoms with Crippen LogP contribution >= 0.6 is 24.0 Å². The number of hydrogen-bond acceptors (Lipinski definition) is 6. The van der Waals surface area contributed by atoms with Gasteiger partial charge in [0.1, 0.15) is 15.6 Å². The summed E-state index contributed by atoms with van der Waals surface area (Å²) in [6, 6.07) is 17.9. The third-order valence-electron chi connectivity index (χ3n) is 5.41. The molecule has 0 unspecified atom stereocenters. The van der Waals surface area contributed by atoms with Crippen LogP contribution in [0.3, 0.4) is 0 Å². The lowest BCUT2D eigenvalue weighted by Crippen LogP contribution is -2.27. The number of aromatic hydroxyl groups is 1. The average Bonchev–Trinajstić information content (AvgIpc) is 3.38. The van der Waals surface area contributed by atoms with E-state index < -0.39 is 5.97 Å². The lowest BCUT2D eigenvalue weighted by molar-refractivity contribution is -0.122. The van der Waals surface area contributed by atoms with Crippen LogP contribution in [0.5, 0.6) is 5.75 Å². The van der Waals surface area contributed by atoms with Crippen LogP contribution in [0.2, 0.25) is 0 Å². The van der Waals surface area contributed by atoms with Crippen molar-refractivity contribution in [2.24, 2.45) is 0 Å². The Labute approximate surface area is 203 Å². The SMILES string of the molecule is O=C(O)c1ccc(CN2C(=O)/C(=C/c3cccc(-c4ccc5[nH]ccc5c4)n3)SC2=S)cc1O. The smallest absolute Gasteiger partial charge is 0.339 e. The normalized spacial score (nSPS) is 14.9. The summed E-state index contributed by atoms with van der Waals surface area (Å²) in [5.74, 6) is -1.84. The van der Waals surface area contributed by atoms with Gasteiger partial charge in [-0.15, -0.1) is 0 Å². The predicted octanol–water partition coefficient (Wildman–Crippen LogP) is 5.04. The molecule has 4 aromatic rings. The lowest BCUT2D eigenvalue weighted by Gasteiger charge is -2.15. The molecule has 1 aliphatic rings. The van der Waals surface area contributed by atoms with E-state index >= 15 is 0 Å². The molecular formula is C25H17N3O4S2. The largest absolute Gasteiger partial charge is 0.507 e. The molecule has 2 aromatic carbocycles. The molecule has 34 heavy (non-hydrogen) atoms. The Morgan fingerprint density at radius 2 is 2.00 bits per heavy atom. The van der Waals surface area contributed by atoms with Gasteiger partial charge in [0.25, 0.3) is 5.91 Å². The fourth-order valence-electron chi connectivity index (χ4n) is 3.71. The molecule has 1 aliphatic heterocycles. The Bertz CT molecular complexity index is 1510. The van der Waals surface area contributed by atoms with Crippen LogP contribution in [0.1, 0.15) is 21.6 Å². The fourth-order valence-corrected chi connectivity index (χ4v) is 4.95. The minimum Gasteiger partial charge on any atom is -0.507 e. The van der Waals surface area contributed by atoms with E-state index in [0.29, 0.717) is 20.5 Å². The minimum atomic E-state index is -1.22. The molecule has 9 heteroatoms. The molecule has 0 spiro atoms. The molecule has 1 amide bonds. The van der Waals surface area contributed by atoms with E-state index in [0.717, 1.165) is 22.2 Å². The number of H-pyrrole nitrogens is 1. The van der Waals surface area contributed by atoms with Crippen LogP contribution in [0, 0.1) is 0 Å². The van der Waals surface area contributed by atoms with E-state index in [2.05, 4.69) is 11.1 Å². The zero-order valence-corrected chi connectivity index (χ0v) is 19.2. The van der Waals surface area contributed by atoms with E-state index in [-0.39, 0.29) is 23.8 Å². The average molecular weight is 488 g/mol. The molecule has 3 heterocycles. The topological polar surface area (TPSA) is 107 Å². The first-order chi connectivity index (χ1) is 16.4. The molecule has 0 aliphatic carbocycles. The molecule has 7 nitrogen and oxygen atoms in total. The number of aromatic amines is 1. The number of rotatable bonds is 5. The maximum atomic E-state index is 13.0. The Balaban J connectivity index is 1.38. The molecule has 3 N–H and O–H groups in total. The fraction of sp³-hybridized carbons (Fsp3) is 0.0400. The van der Waals surface area contributed by atoms with Crippen molar-refractivity contribution in [1.82, 2.24) is 14.9 Å². The number of pyridine rings is 1. The number of carboxylic acid groups (broad SMARTS) is 1. The van der Waals surface area contributed by atoms with Gasteiger partial charge in [0, 0.05) is 22.7 Å². The summed E-state index contributed by atoms with van der Waals surface area (Å²) in [6.45, 7) is 0.125. The number of carbonyl (C=O) groups is 2. The quantitative estimate of drug-likeness (QED) is 0.268. The second-order valence-electron chi connectivity index (χ2n) is 7.65. The Morgan fingerprint density at radius 3 is 2.79 bits per heavy atom. The number of aromatic carboxylic acids is 1. The zero-order valence-electron chi connectivity index (χ0n) is 17.6. The number of amides is 1. The summed E-state index contributed by atoms with van der Waals surface area (Å²) >= 11 is 6.58. The first kappa shape index (κ1) is 21.9. The number of carbonyl (C=O) groups excluding carboxylic acids is 1. The zero-order chi connectivity index (χ0) is 23.8. The van der Waals surface area contributed by atoms with Crippen molar-refractivity contribution in [3.05, 3.63) is 88.6 Å². The highest BCUT2D eigenvalue weighted by molar-refractivity contribution is 8.26. The second kappa shape index (κ2) is 8.77. The molecule has 168 valence electrons. The van der Waals surface area contributed by atoms with Crippen LogP contribution in [0.25, 0.3) is 28.2 Å². The highest BCUT2D eigenvalue weighted by Gasteiger charge is 2.32. The summed E-state index contributed by atoms with van der Waals surface area (Å²) in [5, 5.41) is 20.1. The molecule has 1 saturated heterocycles. The van der Waals surface area contributed by atoms with Crippen LogP contribution < -0.4 is 0 Å². The number of hydrogen-bond donors (Lipinski definition) is 3. The van der Waals surface area contributed by atoms with E-state index in [1.165, 1.54) is 28.8 Å². The standard InChI is InChI=1S/C25H17N3O4S2/c29-21-10-14(4-6-18(21)24(31)32)13-28-23(30)22(34-25(28)33)12-17-2-1-3-20(27-17)15-5-7-19-16(11-15)8-9-26-19/h1-12,26,29H,13H2,(H,31,32)/b22-12-. The molecule has 5 rings (SSSR count). The van der Waals surface area contributed by atoms with Crippen molar-refractivity contribution in [3.63, 3.8) is 0 Å². The van der Waals surface area contributed by atoms with E-state index in [1.807, 2.05) is 42.6 Å². The van der Waals surface area contributed by atoms with Gasteiger partial charge in [-0.05, 0) is 54.1 Å². The number of benzene rings is 2. The minimum absolute atomic E-state index is 0.125. The monoisotopic (exact) mass is 487 g/mol. The Kier molecular flexibility index (Phi) is 5.64. The highest BCUT2D eigenvalue weighted by atomic mass is 32.2. The van der Waals surface area contributed by atoms with Crippen LogP contribution in [0.4, 0.5) is 0 Å². The van der Waals surface area contributed by atoms with Gasteiger partial charge in [-0.25, -0.2) is 9.78 Å². The molecule has 0 saturated carbocycles. The first-order valence-corrected chi connectivity index (χ1v) is 11.5. The number of fused-ring (bicyclic) bond motifs is 1. The van der Waals surface area contributed by atoms with E-state index in [4.69, 9.17) is 22.3 Å². The summed E-state index contributed by atoms with van der Waals surface area (Å²) in [7, 11) is 0. The van der Waals surface area contributed by atoms with Gasteiger partial charge in [-0.2, -0.15) is 0 Å². The lowest BCUT2D eigenvalue weighted by atomic mass is 10.1. The van der Waals surface area contributed by atoms with Crippen LogP contribution in [0.15, 0.2) is 71.8 Å². The van der Waals surface area contributed by atoms with Crippen LogP contribution in [-0.2, 0) is 11.3 Å². The summed E-state index contributed by atoms with van der Waals surface area (Å²) in [5.41, 5.74) is 3.82. The second-order valence-corrected chi connectivity index (χ2v) is 9.33. The highest BCUT2D eigenvalue weighted by Crippen LogP contribution is 2.34. The van der Waals surface area contributed by atoms with Gasteiger partial charge in [0.05, 0.1) is 22.8 Å². The van der Waals surface area contributed by atoms with Gasteiger partial charge >= 0.3 is 5.97 Å². The molecule has 2 aromatic heterocycles. The number of nitrogens with one attached hydrogen (secondary N) is 1. The van der Waals surface area contributed by atoms with Crippen LogP contribution in [-0.4, -0.2) is 41.3 Å². The van der Waals surface area contributed by atoms with Gasteiger partial charge in [-0.1, -0.05) is 42.2 Å². The maximum absolute atomic E-state index is 13.0. The molecule has 0 bridgehead atoms. The van der Waals surface area contributed by atoms with Crippen molar-refractivity contribution in [1.29, 1.82) is 0 Å². The summed E-state index contributed by atoms with van der Waals surface area (Å²) < 4.78 is 0.382. The number of aromatic nitrogens is 2. The number of nitrogens with zero attached hydrogens (tertiary/aromatic N) is 2. The van der Waals surface area contributed by atoms with Gasteiger partial charge in [0.15, 0.2) is 0 Å². The third kappa shape index (κ3) is 4.18.